The number of aliphatic hydroxyl groups excluding tert-OH is 1. The summed E-state index contributed by atoms with van der Waals surface area (Å²) in [6, 6.07) is -0.158. The number of nitrogens with one attached hydrogen (secondary N) is 1. The first-order valence-corrected chi connectivity index (χ1v) is 7.55. The van der Waals surface area contributed by atoms with Crippen LogP contribution in [-0.4, -0.2) is 53.8 Å². The number of carbonyl (C=O) groups is 2. The predicted molar refractivity (Wildman–Crippen MR) is 79.8 cm³/mol. The van der Waals surface area contributed by atoms with Crippen LogP contribution in [0.15, 0.2) is 0 Å². The highest BCUT2D eigenvalue weighted by Crippen LogP contribution is 2.22. The van der Waals surface area contributed by atoms with Crippen LogP contribution in [0, 0.1) is 11.3 Å². The van der Waals surface area contributed by atoms with Crippen LogP contribution in [0.1, 0.15) is 41.0 Å². The van der Waals surface area contributed by atoms with E-state index < -0.39 is 17.6 Å². The van der Waals surface area contributed by atoms with Crippen LogP contribution in [0.2, 0.25) is 0 Å². The molecule has 3 atom stereocenters. The van der Waals surface area contributed by atoms with Gasteiger partial charge in [0.15, 0.2) is 0 Å². The summed E-state index contributed by atoms with van der Waals surface area (Å²) in [5.74, 6) is -0.115. The molecule has 122 valence electrons. The number of rotatable bonds is 3. The largest absolute Gasteiger partial charge is 0.450 e. The van der Waals surface area contributed by atoms with Crippen molar-refractivity contribution in [3.8, 4) is 0 Å². The Labute approximate surface area is 126 Å². The smallest absolute Gasteiger partial charge is 0.409 e. The molecule has 2 amide bonds. The molecular formula is C15H28N2O4. The Hall–Kier alpha value is -1.30. The first-order chi connectivity index (χ1) is 9.65. The third kappa shape index (κ3) is 5.19. The standard InChI is InChI=1S/C15H28N2O4/c1-6-21-14(20)17-8-11(10(2)18)7-12(9-17)16-13(19)15(3,4)5/h10-12,18H,6-9H2,1-5H3,(H,16,19). The van der Waals surface area contributed by atoms with Gasteiger partial charge in [-0.1, -0.05) is 20.8 Å². The van der Waals surface area contributed by atoms with Gasteiger partial charge in [0.25, 0.3) is 0 Å². The van der Waals surface area contributed by atoms with Crippen LogP contribution in [0.4, 0.5) is 4.79 Å². The minimum Gasteiger partial charge on any atom is -0.450 e. The molecule has 1 aliphatic rings. The Balaban J connectivity index is 2.75. The molecule has 1 aliphatic heterocycles. The van der Waals surface area contributed by atoms with Gasteiger partial charge in [-0.05, 0) is 20.3 Å². The van der Waals surface area contributed by atoms with Gasteiger partial charge in [0.05, 0.1) is 12.7 Å². The molecule has 3 unspecified atom stereocenters. The van der Waals surface area contributed by atoms with Crippen molar-refractivity contribution in [2.45, 2.75) is 53.2 Å². The van der Waals surface area contributed by atoms with Gasteiger partial charge in [-0.3, -0.25) is 4.79 Å². The topological polar surface area (TPSA) is 78.9 Å². The summed E-state index contributed by atoms with van der Waals surface area (Å²) in [7, 11) is 0. The number of aliphatic hydroxyl groups is 1. The molecule has 1 rings (SSSR count). The summed E-state index contributed by atoms with van der Waals surface area (Å²) in [4.78, 5) is 25.6. The van der Waals surface area contributed by atoms with Gasteiger partial charge in [0, 0.05) is 30.5 Å². The van der Waals surface area contributed by atoms with Crippen LogP contribution in [-0.2, 0) is 9.53 Å². The van der Waals surface area contributed by atoms with Gasteiger partial charge in [-0.25, -0.2) is 4.79 Å². The van der Waals surface area contributed by atoms with Crippen LogP contribution in [0.5, 0.6) is 0 Å². The quantitative estimate of drug-likeness (QED) is 0.825. The average molecular weight is 300 g/mol. The van der Waals surface area contributed by atoms with E-state index in [9.17, 15) is 14.7 Å². The zero-order chi connectivity index (χ0) is 16.2. The van der Waals surface area contributed by atoms with E-state index in [1.165, 1.54) is 0 Å². The highest BCUT2D eigenvalue weighted by molar-refractivity contribution is 5.81. The van der Waals surface area contributed by atoms with E-state index in [0.717, 1.165) is 0 Å². The first kappa shape index (κ1) is 17.8. The van der Waals surface area contributed by atoms with Gasteiger partial charge < -0.3 is 20.1 Å². The van der Waals surface area contributed by atoms with Crippen molar-refractivity contribution in [3.05, 3.63) is 0 Å². The summed E-state index contributed by atoms with van der Waals surface area (Å²) in [5.41, 5.74) is -0.480. The maximum Gasteiger partial charge on any atom is 0.409 e. The van der Waals surface area contributed by atoms with Crippen molar-refractivity contribution in [1.29, 1.82) is 0 Å². The number of carbonyl (C=O) groups excluding carboxylic acids is 2. The highest BCUT2D eigenvalue weighted by Gasteiger charge is 2.35. The molecule has 2 N–H and O–H groups in total. The molecule has 0 radical (unpaired) electrons. The normalized spacial score (nSPS) is 24.4. The van der Waals surface area contributed by atoms with Crippen molar-refractivity contribution in [3.63, 3.8) is 0 Å². The fourth-order valence-corrected chi connectivity index (χ4v) is 2.36. The van der Waals surface area contributed by atoms with E-state index in [4.69, 9.17) is 4.74 Å². The molecule has 0 saturated carbocycles. The molecule has 21 heavy (non-hydrogen) atoms. The minimum atomic E-state index is -0.531. The molecule has 6 nitrogen and oxygen atoms in total. The molecule has 1 saturated heterocycles. The molecule has 0 aromatic rings. The van der Waals surface area contributed by atoms with Crippen LogP contribution in [0.25, 0.3) is 0 Å². The zero-order valence-corrected chi connectivity index (χ0v) is 13.7. The second-order valence-electron chi connectivity index (χ2n) is 6.76. The first-order valence-electron chi connectivity index (χ1n) is 7.55. The SMILES string of the molecule is CCOC(=O)N1CC(NC(=O)C(C)(C)C)CC(C(C)O)C1. The Morgan fingerprint density at radius 1 is 1.38 bits per heavy atom. The Kier molecular flexibility index (Phi) is 6.01. The van der Waals surface area contributed by atoms with E-state index in [1.54, 1.807) is 18.7 Å². The Morgan fingerprint density at radius 2 is 2.00 bits per heavy atom. The predicted octanol–water partition coefficient (Wildman–Crippen LogP) is 1.38. The molecule has 0 aromatic carbocycles. The van der Waals surface area contributed by atoms with Crippen LogP contribution in [0.3, 0.4) is 0 Å². The minimum absolute atomic E-state index is 0.0532. The molecule has 1 heterocycles. The van der Waals surface area contributed by atoms with Crippen LogP contribution < -0.4 is 5.32 Å². The van der Waals surface area contributed by atoms with E-state index in [2.05, 4.69) is 5.32 Å². The lowest BCUT2D eigenvalue weighted by molar-refractivity contribution is -0.130. The lowest BCUT2D eigenvalue weighted by Gasteiger charge is -2.39. The number of piperidine rings is 1. The zero-order valence-electron chi connectivity index (χ0n) is 13.7. The van der Waals surface area contributed by atoms with E-state index >= 15 is 0 Å². The summed E-state index contributed by atoms with van der Waals surface area (Å²) in [6.07, 6.45) is -0.260. The average Bonchev–Trinajstić information content (AvgIpc) is 2.37. The lowest BCUT2D eigenvalue weighted by Crippen LogP contribution is -2.55. The Bertz CT molecular complexity index is 376. The number of hydrogen-bond donors (Lipinski definition) is 2. The van der Waals surface area contributed by atoms with Crippen molar-refractivity contribution < 1.29 is 19.4 Å². The van der Waals surface area contributed by atoms with Crippen molar-refractivity contribution >= 4 is 12.0 Å². The molecule has 0 aromatic heterocycles. The fraction of sp³-hybridized carbons (Fsp3) is 0.867. The summed E-state index contributed by atoms with van der Waals surface area (Å²) < 4.78 is 5.02. The summed E-state index contributed by atoms with van der Waals surface area (Å²) >= 11 is 0. The van der Waals surface area contributed by atoms with Gasteiger partial charge >= 0.3 is 6.09 Å². The Morgan fingerprint density at radius 3 is 2.48 bits per heavy atom. The third-order valence-corrected chi connectivity index (χ3v) is 3.71. The number of ether oxygens (including phenoxy) is 1. The molecule has 1 fully saturated rings. The second kappa shape index (κ2) is 7.11. The number of nitrogens with zero attached hydrogens (tertiary/aromatic N) is 1. The van der Waals surface area contributed by atoms with Gasteiger partial charge in [-0.15, -0.1) is 0 Å². The highest BCUT2D eigenvalue weighted by atomic mass is 16.6. The van der Waals surface area contributed by atoms with Crippen LogP contribution >= 0.6 is 0 Å². The summed E-state index contributed by atoms with van der Waals surface area (Å²) in [5, 5.41) is 12.8. The molecule has 0 bridgehead atoms. The number of hydrogen-bond acceptors (Lipinski definition) is 4. The maximum atomic E-state index is 12.1. The van der Waals surface area contributed by atoms with Gasteiger partial charge in [0.1, 0.15) is 0 Å². The third-order valence-electron chi connectivity index (χ3n) is 3.71. The van der Waals surface area contributed by atoms with E-state index in [0.29, 0.717) is 26.1 Å². The number of amides is 2. The molecule has 6 heteroatoms. The maximum absolute atomic E-state index is 12.1. The number of likely N-dealkylation sites (tertiary alicyclic amines) is 1. The van der Waals surface area contributed by atoms with Gasteiger partial charge in [-0.2, -0.15) is 0 Å². The van der Waals surface area contributed by atoms with E-state index in [-0.39, 0.29) is 17.9 Å². The fourth-order valence-electron chi connectivity index (χ4n) is 2.36. The van der Waals surface area contributed by atoms with Gasteiger partial charge in [0.2, 0.25) is 5.91 Å². The molecule has 0 spiro atoms. The lowest BCUT2D eigenvalue weighted by atomic mass is 9.89. The van der Waals surface area contributed by atoms with Crippen molar-refractivity contribution in [2.75, 3.05) is 19.7 Å². The monoisotopic (exact) mass is 300 g/mol. The summed E-state index contributed by atoms with van der Waals surface area (Å²) in [6.45, 7) is 10.2. The van der Waals surface area contributed by atoms with Crippen molar-refractivity contribution in [1.82, 2.24) is 10.2 Å². The second-order valence-corrected chi connectivity index (χ2v) is 6.76. The van der Waals surface area contributed by atoms with E-state index in [1.807, 2.05) is 20.8 Å². The molecule has 0 aliphatic carbocycles. The van der Waals surface area contributed by atoms with Crippen molar-refractivity contribution in [2.24, 2.45) is 11.3 Å². The molecular weight excluding hydrogens is 272 g/mol.